The molecule has 0 aliphatic rings. The molecule has 0 N–H and O–H groups in total. The number of rotatable bonds is 3. The van der Waals surface area contributed by atoms with Crippen molar-refractivity contribution in [2.45, 2.75) is 12.8 Å². The van der Waals surface area contributed by atoms with Gasteiger partial charge in [0.05, 0.1) is 10.2 Å². The van der Waals surface area contributed by atoms with E-state index in [2.05, 4.69) is 57.1 Å². The SMILES string of the molecule is [Si]c1ccccc1CCCI. The summed E-state index contributed by atoms with van der Waals surface area (Å²) in [7, 11) is 3.57. The molecule has 0 unspecified atom stereocenters. The topological polar surface area (TPSA) is 0 Å². The minimum Gasteiger partial charge on any atom is -0.0864 e. The second kappa shape index (κ2) is 4.93. The van der Waals surface area contributed by atoms with Crippen LogP contribution in [0.15, 0.2) is 24.3 Å². The van der Waals surface area contributed by atoms with Crippen molar-refractivity contribution in [1.82, 2.24) is 0 Å². The zero-order chi connectivity index (χ0) is 8.10. The van der Waals surface area contributed by atoms with Crippen LogP contribution in [-0.4, -0.2) is 14.7 Å². The molecule has 3 radical (unpaired) electrons. The van der Waals surface area contributed by atoms with Crippen molar-refractivity contribution in [3.8, 4) is 0 Å². The van der Waals surface area contributed by atoms with Crippen LogP contribution in [0.1, 0.15) is 12.0 Å². The second-order valence-electron chi connectivity index (χ2n) is 2.45. The number of alkyl halides is 1. The first-order valence-corrected chi connectivity index (χ1v) is 5.72. The largest absolute Gasteiger partial charge is 0.0864 e. The highest BCUT2D eigenvalue weighted by Gasteiger charge is 1.94. The highest BCUT2D eigenvalue weighted by atomic mass is 127. The molecule has 0 saturated heterocycles. The maximum absolute atomic E-state index is 3.57. The van der Waals surface area contributed by atoms with Crippen LogP contribution in [-0.2, 0) is 6.42 Å². The van der Waals surface area contributed by atoms with Gasteiger partial charge in [0.2, 0.25) is 0 Å². The fourth-order valence-corrected chi connectivity index (χ4v) is 1.68. The van der Waals surface area contributed by atoms with Crippen molar-refractivity contribution < 1.29 is 0 Å². The summed E-state index contributed by atoms with van der Waals surface area (Å²) in [6, 6.07) is 8.41. The molecular weight excluding hydrogens is 263 g/mol. The van der Waals surface area contributed by atoms with E-state index in [1.165, 1.54) is 28.0 Å². The molecule has 2 heteroatoms. The van der Waals surface area contributed by atoms with Crippen molar-refractivity contribution in [1.29, 1.82) is 0 Å². The molecule has 1 aromatic rings. The van der Waals surface area contributed by atoms with E-state index in [-0.39, 0.29) is 0 Å². The Morgan fingerprint density at radius 2 is 2.00 bits per heavy atom. The van der Waals surface area contributed by atoms with E-state index in [1.807, 2.05) is 0 Å². The predicted molar refractivity (Wildman–Crippen MR) is 59.0 cm³/mol. The highest BCUT2D eigenvalue weighted by molar-refractivity contribution is 14.1. The zero-order valence-corrected chi connectivity index (χ0v) is 9.47. The first-order valence-electron chi connectivity index (χ1n) is 3.70. The van der Waals surface area contributed by atoms with E-state index in [0.717, 1.165) is 0 Å². The van der Waals surface area contributed by atoms with E-state index >= 15 is 0 Å². The highest BCUT2D eigenvalue weighted by Crippen LogP contribution is 2.00. The molecule has 0 aliphatic carbocycles. The van der Waals surface area contributed by atoms with Crippen molar-refractivity contribution in [3.05, 3.63) is 29.8 Å². The monoisotopic (exact) mass is 273 g/mol. The molecule has 0 bridgehead atoms. The maximum atomic E-state index is 3.57. The maximum Gasteiger partial charge on any atom is 0.0715 e. The average molecular weight is 273 g/mol. The van der Waals surface area contributed by atoms with Crippen LogP contribution in [0.3, 0.4) is 0 Å². The molecule has 0 aromatic heterocycles. The van der Waals surface area contributed by atoms with Crippen LogP contribution in [0.25, 0.3) is 0 Å². The van der Waals surface area contributed by atoms with Crippen molar-refractivity contribution in [2.24, 2.45) is 0 Å². The Bertz CT molecular complexity index is 223. The van der Waals surface area contributed by atoms with E-state index in [4.69, 9.17) is 0 Å². The molecule has 0 nitrogen and oxygen atoms in total. The van der Waals surface area contributed by atoms with Gasteiger partial charge in [-0.15, -0.1) is 0 Å². The molecule has 11 heavy (non-hydrogen) atoms. The normalized spacial score (nSPS) is 10.0. The van der Waals surface area contributed by atoms with Crippen LogP contribution in [0, 0.1) is 0 Å². The molecule has 1 aromatic carbocycles. The van der Waals surface area contributed by atoms with Crippen LogP contribution < -0.4 is 5.19 Å². The summed E-state index contributed by atoms with van der Waals surface area (Å²) in [5.74, 6) is 0. The summed E-state index contributed by atoms with van der Waals surface area (Å²) in [5.41, 5.74) is 1.42. The summed E-state index contributed by atoms with van der Waals surface area (Å²) >= 11 is 2.41. The minimum atomic E-state index is 1.18. The van der Waals surface area contributed by atoms with Gasteiger partial charge in [0.1, 0.15) is 0 Å². The molecule has 0 saturated carbocycles. The average Bonchev–Trinajstić information content (AvgIpc) is 2.03. The number of halogens is 1. The molecular formula is C9H10ISi. The molecule has 0 amide bonds. The Hall–Kier alpha value is 0.167. The van der Waals surface area contributed by atoms with Crippen LogP contribution in [0.4, 0.5) is 0 Å². The lowest BCUT2D eigenvalue weighted by Crippen LogP contribution is -2.09. The van der Waals surface area contributed by atoms with Gasteiger partial charge in [0.15, 0.2) is 0 Å². The fourth-order valence-electron chi connectivity index (χ4n) is 0.996. The Kier molecular flexibility index (Phi) is 4.15. The first-order chi connectivity index (χ1) is 5.34. The third-order valence-electron chi connectivity index (χ3n) is 1.60. The number of benzene rings is 1. The van der Waals surface area contributed by atoms with Gasteiger partial charge in [-0.05, 0) is 22.8 Å². The Morgan fingerprint density at radius 3 is 2.64 bits per heavy atom. The van der Waals surface area contributed by atoms with Crippen molar-refractivity contribution in [2.75, 3.05) is 4.43 Å². The molecule has 0 spiro atoms. The smallest absolute Gasteiger partial charge is 0.0715 e. The number of hydrogen-bond donors (Lipinski definition) is 0. The lowest BCUT2D eigenvalue weighted by Gasteiger charge is -2.02. The van der Waals surface area contributed by atoms with Gasteiger partial charge < -0.3 is 0 Å². The second-order valence-corrected chi connectivity index (χ2v) is 4.07. The summed E-state index contributed by atoms with van der Waals surface area (Å²) in [6.07, 6.45) is 2.45. The van der Waals surface area contributed by atoms with Crippen LogP contribution in [0.2, 0.25) is 0 Å². The summed E-state index contributed by atoms with van der Waals surface area (Å²) in [4.78, 5) is 0. The first kappa shape index (κ1) is 9.26. The quantitative estimate of drug-likeness (QED) is 0.448. The van der Waals surface area contributed by atoms with E-state index in [9.17, 15) is 0 Å². The predicted octanol–water partition coefficient (Wildman–Crippen LogP) is 1.85. The van der Waals surface area contributed by atoms with E-state index < -0.39 is 0 Å². The van der Waals surface area contributed by atoms with Gasteiger partial charge in [-0.25, -0.2) is 0 Å². The van der Waals surface area contributed by atoms with Gasteiger partial charge in [-0.2, -0.15) is 0 Å². The molecule has 1 rings (SSSR count). The Balaban J connectivity index is 2.62. The fraction of sp³-hybridized carbons (Fsp3) is 0.333. The summed E-state index contributed by atoms with van der Waals surface area (Å²) in [5, 5.41) is 1.23. The van der Waals surface area contributed by atoms with Gasteiger partial charge in [0, 0.05) is 0 Å². The van der Waals surface area contributed by atoms with Crippen molar-refractivity contribution >= 4 is 38.0 Å². The molecule has 0 aliphatic heterocycles. The lowest BCUT2D eigenvalue weighted by atomic mass is 10.1. The Labute approximate surface area is 85.0 Å². The Morgan fingerprint density at radius 1 is 1.27 bits per heavy atom. The van der Waals surface area contributed by atoms with Crippen molar-refractivity contribution in [3.63, 3.8) is 0 Å². The summed E-state index contributed by atoms with van der Waals surface area (Å²) < 4.78 is 1.23. The van der Waals surface area contributed by atoms with Gasteiger partial charge >= 0.3 is 0 Å². The number of aryl methyl sites for hydroxylation is 1. The van der Waals surface area contributed by atoms with E-state index in [0.29, 0.717) is 0 Å². The van der Waals surface area contributed by atoms with Crippen LogP contribution in [0.5, 0.6) is 0 Å². The van der Waals surface area contributed by atoms with E-state index in [1.54, 1.807) is 0 Å². The van der Waals surface area contributed by atoms with Gasteiger partial charge in [0.25, 0.3) is 0 Å². The minimum absolute atomic E-state index is 1.18. The molecule has 0 heterocycles. The molecule has 0 atom stereocenters. The van der Waals surface area contributed by atoms with Crippen LogP contribution >= 0.6 is 22.6 Å². The van der Waals surface area contributed by atoms with Gasteiger partial charge in [-0.1, -0.05) is 52.0 Å². The third-order valence-corrected chi connectivity index (χ3v) is 2.85. The third kappa shape index (κ3) is 2.95. The molecule has 0 fully saturated rings. The molecule has 57 valence electrons. The lowest BCUT2D eigenvalue weighted by molar-refractivity contribution is 0.952. The zero-order valence-electron chi connectivity index (χ0n) is 6.31. The standard InChI is InChI=1S/C9H10ISi/c10-7-3-5-8-4-1-2-6-9(8)11/h1-2,4,6H,3,5,7H2. The summed E-state index contributed by atoms with van der Waals surface area (Å²) in [6.45, 7) is 0. The number of hydrogen-bond acceptors (Lipinski definition) is 0. The van der Waals surface area contributed by atoms with Gasteiger partial charge in [-0.3, -0.25) is 0 Å².